The fraction of sp³-hybridized carbons (Fsp3) is 0.133. The Kier molecular flexibility index (Phi) is 5.05. The molecule has 0 unspecified atom stereocenters. The van der Waals surface area contributed by atoms with Gasteiger partial charge in [-0.25, -0.2) is 0 Å². The summed E-state index contributed by atoms with van der Waals surface area (Å²) in [5.41, 5.74) is 1.28. The van der Waals surface area contributed by atoms with E-state index < -0.39 is 12.5 Å². The van der Waals surface area contributed by atoms with Crippen molar-refractivity contribution in [3.05, 3.63) is 52.2 Å². The van der Waals surface area contributed by atoms with Crippen LogP contribution in [0.5, 0.6) is 5.75 Å². The number of benzene rings is 1. The third kappa shape index (κ3) is 4.39. The molecule has 3 nitrogen and oxygen atoms in total. The fourth-order valence-electron chi connectivity index (χ4n) is 1.65. The molecule has 0 aliphatic carbocycles. The maximum absolute atomic E-state index is 12.3. The van der Waals surface area contributed by atoms with Gasteiger partial charge in [0.2, 0.25) is 5.91 Å². The first-order valence-corrected chi connectivity index (χ1v) is 7.01. The molecule has 0 saturated heterocycles. The van der Waals surface area contributed by atoms with Crippen molar-refractivity contribution in [2.24, 2.45) is 0 Å². The van der Waals surface area contributed by atoms with E-state index in [4.69, 9.17) is 0 Å². The van der Waals surface area contributed by atoms with Crippen molar-refractivity contribution in [1.29, 1.82) is 0 Å². The smallest absolute Gasteiger partial charge is 0.387 e. The number of amides is 1. The third-order valence-corrected chi connectivity index (χ3v) is 3.63. The average Bonchev–Trinajstić information content (AvgIpc) is 2.84. The van der Waals surface area contributed by atoms with Crippen molar-refractivity contribution in [2.75, 3.05) is 5.32 Å². The Hall–Kier alpha value is -2.21. The molecular formula is C15H13F2NO2S. The molecule has 1 N–H and O–H groups in total. The van der Waals surface area contributed by atoms with E-state index in [1.165, 1.54) is 29.5 Å². The highest BCUT2D eigenvalue weighted by Gasteiger charge is 2.10. The predicted molar refractivity (Wildman–Crippen MR) is 79.8 cm³/mol. The minimum absolute atomic E-state index is 0.0680. The van der Waals surface area contributed by atoms with Gasteiger partial charge in [0.15, 0.2) is 0 Å². The van der Waals surface area contributed by atoms with Crippen molar-refractivity contribution >= 4 is 29.0 Å². The van der Waals surface area contributed by atoms with Gasteiger partial charge in [0, 0.05) is 11.0 Å². The summed E-state index contributed by atoms with van der Waals surface area (Å²) in [6.45, 7) is -0.993. The van der Waals surface area contributed by atoms with Gasteiger partial charge in [-0.2, -0.15) is 8.78 Å². The molecule has 110 valence electrons. The van der Waals surface area contributed by atoms with Crippen LogP contribution in [-0.4, -0.2) is 12.5 Å². The molecule has 6 heteroatoms. The first-order chi connectivity index (χ1) is 10.1. The Balaban J connectivity index is 2.06. The van der Waals surface area contributed by atoms with Crippen LogP contribution in [0.1, 0.15) is 10.4 Å². The molecule has 0 atom stereocenters. The number of alkyl halides is 2. The number of anilines is 1. The molecule has 2 aromatic rings. The highest BCUT2D eigenvalue weighted by Crippen LogP contribution is 2.25. The number of carbonyl (C=O) groups excluding carboxylic acids is 1. The van der Waals surface area contributed by atoms with Gasteiger partial charge in [-0.1, -0.05) is 12.1 Å². The van der Waals surface area contributed by atoms with Gasteiger partial charge in [-0.15, -0.1) is 11.3 Å². The lowest BCUT2D eigenvalue weighted by Gasteiger charge is -2.10. The van der Waals surface area contributed by atoms with Gasteiger partial charge in [-0.3, -0.25) is 4.79 Å². The summed E-state index contributed by atoms with van der Waals surface area (Å²) in [5, 5.41) is 4.45. The van der Waals surface area contributed by atoms with E-state index >= 15 is 0 Å². The summed E-state index contributed by atoms with van der Waals surface area (Å²) in [5.74, 6) is -0.477. The number of carbonyl (C=O) groups is 1. The van der Waals surface area contributed by atoms with Crippen LogP contribution in [0.2, 0.25) is 0 Å². The van der Waals surface area contributed by atoms with E-state index in [9.17, 15) is 13.6 Å². The van der Waals surface area contributed by atoms with Crippen LogP contribution in [0.25, 0.3) is 6.08 Å². The number of aryl methyl sites for hydroxylation is 1. The summed E-state index contributed by atoms with van der Waals surface area (Å²) in [6.07, 6.45) is 3.05. The number of rotatable bonds is 5. The number of hydrogen-bond acceptors (Lipinski definition) is 3. The quantitative estimate of drug-likeness (QED) is 0.836. The fourth-order valence-corrected chi connectivity index (χ4v) is 2.47. The van der Waals surface area contributed by atoms with Crippen LogP contribution in [0.15, 0.2) is 41.8 Å². The number of hydrogen-bond donors (Lipinski definition) is 1. The first kappa shape index (κ1) is 15.2. The van der Waals surface area contributed by atoms with Crippen LogP contribution in [-0.2, 0) is 4.79 Å². The zero-order valence-corrected chi connectivity index (χ0v) is 12.0. The maximum atomic E-state index is 12.3. The Bertz CT molecular complexity index is 653. The molecule has 0 bridgehead atoms. The van der Waals surface area contributed by atoms with E-state index in [0.717, 1.165) is 10.4 Å². The van der Waals surface area contributed by atoms with E-state index in [0.29, 0.717) is 0 Å². The molecule has 21 heavy (non-hydrogen) atoms. The van der Waals surface area contributed by atoms with Gasteiger partial charge in [0.1, 0.15) is 5.75 Å². The van der Waals surface area contributed by atoms with Gasteiger partial charge >= 0.3 is 6.61 Å². The highest BCUT2D eigenvalue weighted by atomic mass is 32.1. The molecule has 1 aromatic heterocycles. The SMILES string of the molecule is Cc1ccsc1C=CC(=O)Nc1ccccc1OC(F)F. The molecule has 0 aliphatic heterocycles. The lowest BCUT2D eigenvalue weighted by atomic mass is 10.2. The normalized spacial score (nSPS) is 11.0. The Labute approximate surface area is 124 Å². The molecule has 0 spiro atoms. The Morgan fingerprint density at radius 1 is 1.33 bits per heavy atom. The van der Waals surface area contributed by atoms with Crippen molar-refractivity contribution < 1.29 is 18.3 Å². The summed E-state index contributed by atoms with van der Waals surface area (Å²) < 4.78 is 28.9. The zero-order chi connectivity index (χ0) is 15.2. The van der Waals surface area contributed by atoms with Crippen LogP contribution >= 0.6 is 11.3 Å². The second-order valence-electron chi connectivity index (χ2n) is 4.17. The Morgan fingerprint density at radius 2 is 2.10 bits per heavy atom. The van der Waals surface area contributed by atoms with Crippen LogP contribution in [0.3, 0.4) is 0 Å². The van der Waals surface area contributed by atoms with Gasteiger partial charge < -0.3 is 10.1 Å². The topological polar surface area (TPSA) is 38.3 Å². The second kappa shape index (κ2) is 6.99. The van der Waals surface area contributed by atoms with Crippen LogP contribution < -0.4 is 10.1 Å². The van der Waals surface area contributed by atoms with Crippen molar-refractivity contribution in [1.82, 2.24) is 0 Å². The summed E-state index contributed by atoms with van der Waals surface area (Å²) >= 11 is 1.52. The maximum Gasteiger partial charge on any atom is 0.387 e. The molecule has 1 aromatic carbocycles. The van der Waals surface area contributed by atoms with Gasteiger partial charge in [0.05, 0.1) is 5.69 Å². The molecule has 0 aliphatic rings. The highest BCUT2D eigenvalue weighted by molar-refractivity contribution is 7.11. The standard InChI is InChI=1S/C15H13F2NO2S/c1-10-8-9-21-13(10)6-7-14(19)18-11-4-2-3-5-12(11)20-15(16)17/h2-9,15H,1H3,(H,18,19). The minimum atomic E-state index is -2.94. The van der Waals surface area contributed by atoms with E-state index in [2.05, 4.69) is 10.1 Å². The summed E-state index contributed by atoms with van der Waals surface area (Å²) in [7, 11) is 0. The number of para-hydroxylation sites is 2. The zero-order valence-electron chi connectivity index (χ0n) is 11.2. The summed E-state index contributed by atoms with van der Waals surface area (Å²) in [4.78, 5) is 12.8. The third-order valence-electron chi connectivity index (χ3n) is 2.65. The molecule has 1 heterocycles. The largest absolute Gasteiger partial charge is 0.433 e. The number of halogens is 2. The van der Waals surface area contributed by atoms with E-state index in [-0.39, 0.29) is 11.4 Å². The van der Waals surface area contributed by atoms with Crippen LogP contribution in [0, 0.1) is 6.92 Å². The Morgan fingerprint density at radius 3 is 2.76 bits per heavy atom. The summed E-state index contributed by atoms with van der Waals surface area (Å²) in [6, 6.07) is 8.00. The molecular weight excluding hydrogens is 296 g/mol. The van der Waals surface area contributed by atoms with Crippen LogP contribution in [0.4, 0.5) is 14.5 Å². The molecule has 0 fully saturated rings. The van der Waals surface area contributed by atoms with E-state index in [1.54, 1.807) is 18.2 Å². The van der Waals surface area contributed by atoms with Gasteiger partial charge in [0.25, 0.3) is 0 Å². The second-order valence-corrected chi connectivity index (χ2v) is 5.11. The van der Waals surface area contributed by atoms with E-state index in [1.807, 2.05) is 18.4 Å². The first-order valence-electron chi connectivity index (χ1n) is 6.13. The van der Waals surface area contributed by atoms with Crippen molar-refractivity contribution in [2.45, 2.75) is 13.5 Å². The average molecular weight is 309 g/mol. The molecule has 0 radical (unpaired) electrons. The van der Waals surface area contributed by atoms with Gasteiger partial charge in [-0.05, 0) is 42.1 Å². The predicted octanol–water partition coefficient (Wildman–Crippen LogP) is 4.31. The molecule has 2 rings (SSSR count). The number of nitrogens with one attached hydrogen (secondary N) is 1. The van der Waals surface area contributed by atoms with Crippen molar-refractivity contribution in [3.8, 4) is 5.75 Å². The lowest BCUT2D eigenvalue weighted by molar-refractivity contribution is -0.111. The monoisotopic (exact) mass is 309 g/mol. The van der Waals surface area contributed by atoms with Crippen molar-refractivity contribution in [3.63, 3.8) is 0 Å². The lowest BCUT2D eigenvalue weighted by Crippen LogP contribution is -2.11. The molecule has 1 amide bonds. The molecule has 0 saturated carbocycles. The minimum Gasteiger partial charge on any atom is -0.433 e. The number of ether oxygens (including phenoxy) is 1. The number of thiophene rings is 1.